The summed E-state index contributed by atoms with van der Waals surface area (Å²) in [5.74, 6) is -1.63. The molecule has 4 aliphatic carbocycles. The van der Waals surface area contributed by atoms with E-state index in [0.717, 1.165) is 54.7 Å². The number of hydrogen-bond donors (Lipinski definition) is 12. The number of nitrogens with zero attached hydrogens (tertiary/aromatic N) is 4. The van der Waals surface area contributed by atoms with Gasteiger partial charge in [-0.05, 0) is 105 Å². The highest BCUT2D eigenvalue weighted by Gasteiger charge is 2.66. The van der Waals surface area contributed by atoms with E-state index < -0.39 is 108 Å². The Kier molecular flexibility index (Phi) is 20.5. The number of phosphoric ester groups is 3. The number of ether oxygens (including phenoxy) is 1. The van der Waals surface area contributed by atoms with E-state index in [1.54, 1.807) is 6.92 Å². The van der Waals surface area contributed by atoms with Crippen LogP contribution in [0.25, 0.3) is 11.2 Å². The standard InChI is InChI=1S/C48H78N7O21P3S/c1-24(28-8-9-29-36-30(19-34(59)48(28,29)6)47(5)13-11-27(56)17-26(47)18-32(36)58)7-10-31(57)25(2)45(64)80-16-15-50-35(60)12-14-51-43(63)40(62)46(3,4)21-73-79(70,71)76-78(68,69)72-20-33-39(75-77(65,66)67)38(61)44(74-33)55-23-54-37-41(49)52-22-53-42(37)55/h22-30,32-34,36,38-40,44,56,58-59,61-62H,7-21H2,1-6H3,(H,50,60)(H,51,63)(H,68,69)(H,70,71)(H2,49,52,53)(H2,65,66,67)/t24-,25?,26+,27-,28-,29+,30+,32-,33-,34+,36+,38?,39+,40+,44-,47+,48-/m1/s1. The van der Waals surface area contributed by atoms with Gasteiger partial charge in [0.1, 0.15) is 42.0 Å². The molecule has 1 saturated heterocycles. The highest BCUT2D eigenvalue weighted by Crippen LogP contribution is 2.69. The number of carbonyl (C=O) groups is 4. The van der Waals surface area contributed by atoms with Gasteiger partial charge in [-0.25, -0.2) is 28.6 Å². The number of aliphatic hydroxyl groups is 5. The van der Waals surface area contributed by atoms with Gasteiger partial charge in [0.15, 0.2) is 22.8 Å². The first-order valence-electron chi connectivity index (χ1n) is 26.8. The van der Waals surface area contributed by atoms with Gasteiger partial charge in [0.2, 0.25) is 11.8 Å². The average Bonchev–Trinajstić information content (AvgIpc) is 3.66. The molecule has 28 nitrogen and oxygen atoms in total. The van der Waals surface area contributed by atoms with Crippen LogP contribution < -0.4 is 16.4 Å². The molecule has 0 aromatic carbocycles. The number of thioether (sulfide) groups is 1. The van der Waals surface area contributed by atoms with Gasteiger partial charge >= 0.3 is 23.5 Å². The van der Waals surface area contributed by atoms with Crippen molar-refractivity contribution in [3.05, 3.63) is 12.7 Å². The molecule has 7 rings (SSSR count). The van der Waals surface area contributed by atoms with Gasteiger partial charge in [-0.3, -0.25) is 37.3 Å². The summed E-state index contributed by atoms with van der Waals surface area (Å²) >= 11 is 0.908. The number of anilines is 1. The Morgan fingerprint density at radius 3 is 2.33 bits per heavy atom. The number of carbonyl (C=O) groups excluding carboxylic acids is 4. The van der Waals surface area contributed by atoms with Crippen molar-refractivity contribution in [2.45, 2.75) is 155 Å². The van der Waals surface area contributed by atoms with Crippen LogP contribution in [0.15, 0.2) is 12.7 Å². The number of aromatic nitrogens is 4. The van der Waals surface area contributed by atoms with Crippen molar-refractivity contribution in [1.82, 2.24) is 30.2 Å². The third-order valence-electron chi connectivity index (χ3n) is 17.9. The molecule has 19 atom stereocenters. The molecule has 0 spiro atoms. The van der Waals surface area contributed by atoms with E-state index in [4.69, 9.17) is 19.5 Å². The Morgan fingerprint density at radius 2 is 1.62 bits per heavy atom. The van der Waals surface area contributed by atoms with Crippen molar-refractivity contribution in [1.29, 1.82) is 0 Å². The maximum absolute atomic E-state index is 13.3. The number of nitrogens with two attached hydrogens (primary N) is 1. The Labute approximate surface area is 466 Å². The molecule has 0 radical (unpaired) electrons. The Morgan fingerprint density at radius 1 is 0.925 bits per heavy atom. The summed E-state index contributed by atoms with van der Waals surface area (Å²) in [4.78, 5) is 103. The topological polar surface area (TPSA) is 441 Å². The summed E-state index contributed by atoms with van der Waals surface area (Å²) in [5.41, 5.74) is 3.77. The SMILES string of the molecule is CC(C(=O)CC[C@@H](C)[C@H]1CC[C@H]2[C@@H]3[C@H](O)C[C@@H]4C[C@H](O)CC[C@]4(C)[C@H]3C[C@H](O)[C@]12C)C(=O)SCCNC(=O)CCNC(=O)[C@H](O)C(C)(C)COP(=O)(O)OP(=O)(O)OC[C@H]1O[C@@H](n2cnc3c(N)ncnc32)C(O)[C@H]1OP(=O)(O)O. The zero-order chi connectivity index (χ0) is 59.1. The maximum Gasteiger partial charge on any atom is 0.481 e. The second-order valence-electron chi connectivity index (χ2n) is 23.5. The van der Waals surface area contributed by atoms with E-state index in [0.29, 0.717) is 25.7 Å². The lowest BCUT2D eigenvalue weighted by atomic mass is 9.43. The number of imidazole rings is 1. The smallest absolute Gasteiger partial charge is 0.393 e. The van der Waals surface area contributed by atoms with Crippen LogP contribution in [0.1, 0.15) is 112 Å². The molecule has 3 heterocycles. The minimum absolute atomic E-state index is 0.0179. The lowest BCUT2D eigenvalue weighted by molar-refractivity contribution is -0.207. The second kappa shape index (κ2) is 25.4. The average molecular weight is 1210 g/mol. The van der Waals surface area contributed by atoms with E-state index in [1.807, 2.05) is 0 Å². The minimum atomic E-state index is -5.62. The number of aliphatic hydroxyl groups excluding tert-OH is 5. The van der Waals surface area contributed by atoms with Crippen molar-refractivity contribution < 1.29 is 101 Å². The molecule has 1 aliphatic heterocycles. The fourth-order valence-corrected chi connectivity index (χ4v) is 17.1. The fraction of sp³-hybridized carbons (Fsp3) is 0.812. The minimum Gasteiger partial charge on any atom is -0.393 e. The molecule has 13 N–H and O–H groups in total. The third kappa shape index (κ3) is 14.4. The van der Waals surface area contributed by atoms with E-state index in [2.05, 4.69) is 55.2 Å². The molecule has 452 valence electrons. The second-order valence-corrected chi connectivity index (χ2v) is 28.8. The summed E-state index contributed by atoms with van der Waals surface area (Å²) < 4.78 is 62.7. The van der Waals surface area contributed by atoms with Gasteiger partial charge in [0.25, 0.3) is 0 Å². The number of hydrogen-bond acceptors (Lipinski definition) is 22. The summed E-state index contributed by atoms with van der Waals surface area (Å²) in [7, 11) is -16.5. The van der Waals surface area contributed by atoms with Crippen molar-refractivity contribution >= 4 is 74.9 Å². The molecule has 4 unspecified atom stereocenters. The summed E-state index contributed by atoms with van der Waals surface area (Å²) in [6.45, 7) is 8.34. The van der Waals surface area contributed by atoms with Crippen LogP contribution in [0.3, 0.4) is 0 Å². The Hall–Kier alpha value is -2.89. The zero-order valence-electron chi connectivity index (χ0n) is 45.5. The first kappa shape index (κ1) is 64.7. The summed E-state index contributed by atoms with van der Waals surface area (Å²) in [6, 6.07) is 0. The van der Waals surface area contributed by atoms with Gasteiger partial charge in [-0.1, -0.05) is 46.4 Å². The monoisotopic (exact) mass is 1210 g/mol. The lowest BCUT2D eigenvalue weighted by Crippen LogP contribution is -2.62. The predicted octanol–water partition coefficient (Wildman–Crippen LogP) is 2.25. The Bertz CT molecular complexity index is 2720. The summed E-state index contributed by atoms with van der Waals surface area (Å²) in [6.07, 6.45) is -2.38. The fourth-order valence-electron chi connectivity index (χ4n) is 13.5. The van der Waals surface area contributed by atoms with E-state index in [1.165, 1.54) is 13.8 Å². The van der Waals surface area contributed by atoms with Gasteiger partial charge in [-0.2, -0.15) is 4.31 Å². The van der Waals surface area contributed by atoms with Crippen LogP contribution >= 0.6 is 35.2 Å². The molecule has 0 bridgehead atoms. The molecule has 5 aliphatic rings. The van der Waals surface area contributed by atoms with E-state index >= 15 is 0 Å². The number of amides is 2. The number of nitrogens with one attached hydrogen (secondary N) is 2. The molecule has 4 saturated carbocycles. The number of ketones is 1. The van der Waals surface area contributed by atoms with Crippen LogP contribution in [0.4, 0.5) is 5.82 Å². The lowest BCUT2D eigenvalue weighted by Gasteiger charge is -2.63. The van der Waals surface area contributed by atoms with Crippen LogP contribution in [0.5, 0.6) is 0 Å². The number of Topliss-reactive ketones (excluding diaryl/α,β-unsaturated/α-hetero) is 1. The first-order chi connectivity index (χ1) is 37.2. The molecule has 5 fully saturated rings. The normalized spacial score (nSPS) is 34.2. The number of fused-ring (bicyclic) bond motifs is 6. The van der Waals surface area contributed by atoms with Crippen LogP contribution in [-0.2, 0) is 55.5 Å². The van der Waals surface area contributed by atoms with Crippen molar-refractivity contribution in [3.8, 4) is 0 Å². The van der Waals surface area contributed by atoms with Crippen LogP contribution in [0, 0.1) is 57.7 Å². The van der Waals surface area contributed by atoms with Crippen molar-refractivity contribution in [2.75, 3.05) is 37.8 Å². The Balaban J connectivity index is 0.780. The third-order valence-corrected chi connectivity index (χ3v) is 22.1. The zero-order valence-corrected chi connectivity index (χ0v) is 49.0. The molecule has 2 aromatic heterocycles. The van der Waals surface area contributed by atoms with Gasteiger partial charge in [-0.15, -0.1) is 0 Å². The predicted molar refractivity (Wildman–Crippen MR) is 284 cm³/mol. The number of nitrogen functional groups attached to an aromatic ring is 1. The van der Waals surface area contributed by atoms with Gasteiger partial charge < -0.3 is 66.2 Å². The van der Waals surface area contributed by atoms with Crippen molar-refractivity contribution in [3.63, 3.8) is 0 Å². The van der Waals surface area contributed by atoms with E-state index in [9.17, 15) is 78.0 Å². The van der Waals surface area contributed by atoms with Gasteiger partial charge in [0.05, 0.1) is 43.8 Å². The highest BCUT2D eigenvalue weighted by molar-refractivity contribution is 8.13. The molecular formula is C48H78N7O21P3S. The number of rotatable bonds is 25. The molecular weight excluding hydrogens is 1140 g/mol. The quantitative estimate of drug-likeness (QED) is 0.0385. The number of phosphoric acid groups is 3. The largest absolute Gasteiger partial charge is 0.481 e. The first-order valence-corrected chi connectivity index (χ1v) is 32.3. The molecule has 2 aromatic rings. The van der Waals surface area contributed by atoms with Gasteiger partial charge in [0, 0.05) is 37.1 Å². The van der Waals surface area contributed by atoms with Crippen molar-refractivity contribution in [2.24, 2.45) is 57.7 Å². The van der Waals surface area contributed by atoms with E-state index in [-0.39, 0.29) is 107 Å². The van der Waals surface area contributed by atoms with Crippen LogP contribution in [-0.4, -0.2) is 162 Å². The molecule has 2 amide bonds. The highest BCUT2D eigenvalue weighted by atomic mass is 32.2. The summed E-state index contributed by atoms with van der Waals surface area (Å²) in [5, 5.41) is 60.3. The molecule has 32 heteroatoms. The molecule has 80 heavy (non-hydrogen) atoms. The maximum atomic E-state index is 13.3. The van der Waals surface area contributed by atoms with Crippen LogP contribution in [0.2, 0.25) is 0 Å².